The first-order valence-electron chi connectivity index (χ1n) is 9.68. The molecule has 3 aliphatic heterocycles. The van der Waals surface area contributed by atoms with E-state index in [4.69, 9.17) is 0 Å². The second kappa shape index (κ2) is 7.36. The van der Waals surface area contributed by atoms with Gasteiger partial charge in [-0.2, -0.15) is 0 Å². The van der Waals surface area contributed by atoms with E-state index in [9.17, 15) is 14.7 Å². The summed E-state index contributed by atoms with van der Waals surface area (Å²) in [4.78, 5) is 37.4. The van der Waals surface area contributed by atoms with E-state index in [2.05, 4.69) is 4.99 Å². The number of rotatable bonds is 5. The van der Waals surface area contributed by atoms with Gasteiger partial charge in [-0.1, -0.05) is 42.5 Å². The second-order valence-electron chi connectivity index (χ2n) is 7.36. The lowest BCUT2D eigenvalue weighted by Crippen LogP contribution is -2.64. The standard InChI is InChI=1S/C21H25N5O3/c1-14-15(2)26-17-18(22-20(26)24(14)12-13-27)23(3)21(29)25(19(17)28)11-7-10-16-8-5-4-6-9-16/h4-10,17-18,27H,11-13H2,1-3H3/b10-7+. The Kier molecular flexibility index (Phi) is 4.87. The topological polar surface area (TPSA) is 79.7 Å². The maximum atomic E-state index is 13.3. The lowest BCUT2D eigenvalue weighted by molar-refractivity contribution is -0.136. The average molecular weight is 395 g/mol. The van der Waals surface area contributed by atoms with Crippen molar-refractivity contribution in [1.82, 2.24) is 19.6 Å². The number of hydrogen-bond donors (Lipinski definition) is 1. The molecule has 2 atom stereocenters. The van der Waals surface area contributed by atoms with Crippen LogP contribution in [0.25, 0.3) is 6.08 Å². The van der Waals surface area contributed by atoms with Gasteiger partial charge in [-0.25, -0.2) is 9.79 Å². The zero-order valence-corrected chi connectivity index (χ0v) is 16.8. The summed E-state index contributed by atoms with van der Waals surface area (Å²) >= 11 is 0. The van der Waals surface area contributed by atoms with Crippen LogP contribution in [0.2, 0.25) is 0 Å². The van der Waals surface area contributed by atoms with Gasteiger partial charge in [0.2, 0.25) is 5.96 Å². The molecule has 1 fully saturated rings. The monoisotopic (exact) mass is 395 g/mol. The molecule has 3 heterocycles. The molecule has 2 unspecified atom stereocenters. The number of carbonyl (C=O) groups is 2. The van der Waals surface area contributed by atoms with Crippen molar-refractivity contribution in [2.75, 3.05) is 26.7 Å². The summed E-state index contributed by atoms with van der Waals surface area (Å²) in [6.45, 7) is 4.46. The Morgan fingerprint density at radius 2 is 1.83 bits per heavy atom. The predicted molar refractivity (Wildman–Crippen MR) is 109 cm³/mol. The SMILES string of the molecule is CC1=C(C)N2C(=NC3C2C(=O)N(C/C=C/c2ccccc2)C(=O)N3C)N1CCO. The Morgan fingerprint density at radius 3 is 2.52 bits per heavy atom. The first-order valence-corrected chi connectivity index (χ1v) is 9.68. The fourth-order valence-electron chi connectivity index (χ4n) is 4.07. The first kappa shape index (κ1) is 19.2. The van der Waals surface area contributed by atoms with Gasteiger partial charge in [-0.05, 0) is 19.4 Å². The molecule has 1 aromatic carbocycles. The number of allylic oxidation sites excluding steroid dienone is 2. The van der Waals surface area contributed by atoms with E-state index in [1.54, 1.807) is 7.05 Å². The highest BCUT2D eigenvalue weighted by Gasteiger charge is 2.55. The molecule has 0 saturated carbocycles. The van der Waals surface area contributed by atoms with Gasteiger partial charge in [0.1, 0.15) is 0 Å². The highest BCUT2D eigenvalue weighted by atomic mass is 16.3. The molecule has 8 nitrogen and oxygen atoms in total. The molecule has 1 saturated heterocycles. The summed E-state index contributed by atoms with van der Waals surface area (Å²) in [5.74, 6) is 0.367. The number of likely N-dealkylation sites (N-methyl/N-ethyl adjacent to an activating group) is 1. The van der Waals surface area contributed by atoms with E-state index in [1.165, 1.54) is 9.80 Å². The van der Waals surface area contributed by atoms with Crippen molar-refractivity contribution < 1.29 is 14.7 Å². The minimum atomic E-state index is -0.587. The van der Waals surface area contributed by atoms with E-state index < -0.39 is 12.2 Å². The molecule has 8 heteroatoms. The third-order valence-electron chi connectivity index (χ3n) is 5.72. The zero-order valence-electron chi connectivity index (χ0n) is 16.8. The van der Waals surface area contributed by atoms with Gasteiger partial charge < -0.3 is 14.9 Å². The van der Waals surface area contributed by atoms with Crippen LogP contribution in [0.4, 0.5) is 4.79 Å². The number of benzene rings is 1. The molecular weight excluding hydrogens is 370 g/mol. The molecule has 1 aromatic rings. The maximum Gasteiger partial charge on any atom is 0.328 e. The molecule has 0 radical (unpaired) electrons. The first-order chi connectivity index (χ1) is 14.0. The molecule has 1 N–H and O–H groups in total. The molecule has 0 spiro atoms. The number of aliphatic imine (C=N–C) groups is 1. The summed E-state index contributed by atoms with van der Waals surface area (Å²) in [6.07, 6.45) is 3.16. The van der Waals surface area contributed by atoms with Crippen LogP contribution < -0.4 is 0 Å². The summed E-state index contributed by atoms with van der Waals surface area (Å²) in [5, 5.41) is 9.40. The Hall–Kier alpha value is -3.13. The predicted octanol–water partition coefficient (Wildman–Crippen LogP) is 1.52. The van der Waals surface area contributed by atoms with E-state index >= 15 is 0 Å². The van der Waals surface area contributed by atoms with E-state index in [0.29, 0.717) is 12.5 Å². The highest BCUT2D eigenvalue weighted by Crippen LogP contribution is 2.37. The van der Waals surface area contributed by atoms with Gasteiger partial charge in [0.15, 0.2) is 12.2 Å². The smallest absolute Gasteiger partial charge is 0.328 e. The summed E-state index contributed by atoms with van der Waals surface area (Å²) in [5.41, 5.74) is 2.88. The molecular formula is C21H25N5O3. The van der Waals surface area contributed by atoms with E-state index in [-0.39, 0.29) is 25.1 Å². The van der Waals surface area contributed by atoms with Gasteiger partial charge in [-0.15, -0.1) is 0 Å². The van der Waals surface area contributed by atoms with Crippen LogP contribution in [0.3, 0.4) is 0 Å². The molecule has 3 amide bonds. The fourth-order valence-corrected chi connectivity index (χ4v) is 4.07. The summed E-state index contributed by atoms with van der Waals surface area (Å²) < 4.78 is 0. The van der Waals surface area contributed by atoms with Gasteiger partial charge in [0.05, 0.1) is 6.61 Å². The molecule has 4 rings (SSSR count). The Labute approximate surface area is 170 Å². The number of fused-ring (bicyclic) bond motifs is 3. The number of carbonyl (C=O) groups excluding carboxylic acids is 2. The van der Waals surface area contributed by atoms with Gasteiger partial charge in [0, 0.05) is 31.5 Å². The number of imide groups is 1. The van der Waals surface area contributed by atoms with Crippen molar-refractivity contribution in [3.8, 4) is 0 Å². The lowest BCUT2D eigenvalue weighted by atomic mass is 10.1. The van der Waals surface area contributed by atoms with Crippen molar-refractivity contribution in [3.05, 3.63) is 53.4 Å². The van der Waals surface area contributed by atoms with Crippen LogP contribution in [0, 0.1) is 0 Å². The number of β-amino-alcohol motifs (C(OH)–C–C–N with tert-alkyl or cyclic N) is 1. The number of aliphatic hydroxyl groups is 1. The van der Waals surface area contributed by atoms with Crippen LogP contribution in [0.5, 0.6) is 0 Å². The van der Waals surface area contributed by atoms with Crippen molar-refractivity contribution >= 4 is 24.0 Å². The summed E-state index contributed by atoms with van der Waals surface area (Å²) in [6, 6.07) is 8.81. The van der Waals surface area contributed by atoms with Gasteiger partial charge in [0.25, 0.3) is 5.91 Å². The average Bonchev–Trinajstić information content (AvgIpc) is 3.22. The van der Waals surface area contributed by atoms with Gasteiger partial charge >= 0.3 is 6.03 Å². The third-order valence-corrected chi connectivity index (χ3v) is 5.72. The van der Waals surface area contributed by atoms with Crippen molar-refractivity contribution in [1.29, 1.82) is 0 Å². The minimum absolute atomic E-state index is 0.0219. The van der Waals surface area contributed by atoms with Crippen molar-refractivity contribution in [2.45, 2.75) is 26.1 Å². The highest BCUT2D eigenvalue weighted by molar-refractivity contribution is 6.05. The molecule has 3 aliphatic rings. The van der Waals surface area contributed by atoms with Crippen LogP contribution in [-0.2, 0) is 4.79 Å². The lowest BCUT2D eigenvalue weighted by Gasteiger charge is -2.40. The van der Waals surface area contributed by atoms with E-state index in [0.717, 1.165) is 17.0 Å². The number of nitrogens with zero attached hydrogens (tertiary/aromatic N) is 5. The van der Waals surface area contributed by atoms with Crippen LogP contribution in [-0.4, -0.2) is 81.6 Å². The zero-order chi connectivity index (χ0) is 20.7. The minimum Gasteiger partial charge on any atom is -0.395 e. The van der Waals surface area contributed by atoms with Gasteiger partial charge in [-0.3, -0.25) is 14.6 Å². The van der Waals surface area contributed by atoms with Crippen molar-refractivity contribution in [2.24, 2.45) is 4.99 Å². The van der Waals surface area contributed by atoms with Crippen LogP contribution >= 0.6 is 0 Å². The molecule has 0 aliphatic carbocycles. The number of guanidine groups is 1. The summed E-state index contributed by atoms with van der Waals surface area (Å²) in [7, 11) is 1.68. The maximum absolute atomic E-state index is 13.3. The second-order valence-corrected chi connectivity index (χ2v) is 7.36. The normalized spacial score (nSPS) is 24.1. The molecule has 0 bridgehead atoms. The fraction of sp³-hybridized carbons (Fsp3) is 0.381. The third kappa shape index (κ3) is 3.00. The number of amides is 3. The molecule has 0 aromatic heterocycles. The Bertz CT molecular complexity index is 924. The largest absolute Gasteiger partial charge is 0.395 e. The van der Waals surface area contributed by atoms with Crippen molar-refractivity contribution in [3.63, 3.8) is 0 Å². The molecule has 152 valence electrons. The van der Waals surface area contributed by atoms with E-state index in [1.807, 2.05) is 66.1 Å². The quantitative estimate of drug-likeness (QED) is 0.818. The Balaban J connectivity index is 1.59. The molecule has 29 heavy (non-hydrogen) atoms. The number of aliphatic hydroxyl groups excluding tert-OH is 1. The number of hydrogen-bond acceptors (Lipinski definition) is 6. The Morgan fingerprint density at radius 1 is 1.10 bits per heavy atom. The van der Waals surface area contributed by atoms with Crippen LogP contribution in [0.15, 0.2) is 52.8 Å². The number of urea groups is 1. The van der Waals surface area contributed by atoms with Crippen LogP contribution in [0.1, 0.15) is 19.4 Å².